The van der Waals surface area contributed by atoms with Gasteiger partial charge in [-0.2, -0.15) is 5.26 Å². The molecule has 0 saturated heterocycles. The Balaban J connectivity index is 2.23. The van der Waals surface area contributed by atoms with Gasteiger partial charge in [0.05, 0.1) is 17.7 Å². The molecular formula is C15H11BrFNO. The number of aliphatic hydroxyl groups is 1. The smallest absolute Gasteiger partial charge is 0.123 e. The predicted molar refractivity (Wildman–Crippen MR) is 73.9 cm³/mol. The van der Waals surface area contributed by atoms with Crippen LogP contribution in [0.5, 0.6) is 0 Å². The van der Waals surface area contributed by atoms with E-state index in [1.807, 2.05) is 6.07 Å². The largest absolute Gasteiger partial charge is 0.388 e. The SMILES string of the molecule is N#Cc1cccc(C(O)Cc2cc(F)ccc2Br)c1. The first-order valence-electron chi connectivity index (χ1n) is 5.72. The Morgan fingerprint density at radius 2 is 2.05 bits per heavy atom. The fraction of sp³-hybridized carbons (Fsp3) is 0.133. The molecule has 2 aromatic rings. The van der Waals surface area contributed by atoms with Crippen LogP contribution < -0.4 is 0 Å². The van der Waals surface area contributed by atoms with Crippen molar-refractivity contribution in [3.05, 3.63) is 69.4 Å². The summed E-state index contributed by atoms with van der Waals surface area (Å²) in [4.78, 5) is 0. The Hall–Kier alpha value is -1.70. The van der Waals surface area contributed by atoms with Crippen molar-refractivity contribution < 1.29 is 9.50 Å². The molecule has 2 nitrogen and oxygen atoms in total. The minimum Gasteiger partial charge on any atom is -0.388 e. The minimum atomic E-state index is -0.772. The van der Waals surface area contributed by atoms with Gasteiger partial charge in [-0.05, 0) is 41.5 Å². The van der Waals surface area contributed by atoms with Crippen molar-refractivity contribution in [3.63, 3.8) is 0 Å². The number of nitriles is 1. The van der Waals surface area contributed by atoms with Crippen LogP contribution in [0.2, 0.25) is 0 Å². The second kappa shape index (κ2) is 5.96. The second-order valence-corrected chi connectivity index (χ2v) is 5.05. The molecule has 0 aliphatic carbocycles. The molecule has 1 N–H and O–H groups in total. The fourth-order valence-electron chi connectivity index (χ4n) is 1.84. The minimum absolute atomic E-state index is 0.285. The molecule has 0 aliphatic rings. The van der Waals surface area contributed by atoms with Crippen LogP contribution in [0, 0.1) is 17.1 Å². The molecule has 96 valence electrons. The zero-order chi connectivity index (χ0) is 13.8. The molecule has 1 atom stereocenters. The number of nitrogens with zero attached hydrogens (tertiary/aromatic N) is 1. The molecule has 0 spiro atoms. The Morgan fingerprint density at radius 1 is 1.26 bits per heavy atom. The number of aliphatic hydroxyl groups excluding tert-OH is 1. The van der Waals surface area contributed by atoms with Crippen molar-refractivity contribution >= 4 is 15.9 Å². The van der Waals surface area contributed by atoms with Crippen molar-refractivity contribution in [1.29, 1.82) is 5.26 Å². The van der Waals surface area contributed by atoms with E-state index in [1.54, 1.807) is 30.3 Å². The van der Waals surface area contributed by atoms with Crippen molar-refractivity contribution in [2.75, 3.05) is 0 Å². The number of halogens is 2. The maximum atomic E-state index is 13.2. The third-order valence-electron chi connectivity index (χ3n) is 2.82. The third-order valence-corrected chi connectivity index (χ3v) is 3.60. The van der Waals surface area contributed by atoms with Crippen molar-refractivity contribution in [3.8, 4) is 6.07 Å². The van der Waals surface area contributed by atoms with Crippen LogP contribution in [0.4, 0.5) is 4.39 Å². The molecule has 2 aromatic carbocycles. The molecule has 0 amide bonds. The van der Waals surface area contributed by atoms with Crippen LogP contribution in [0.15, 0.2) is 46.9 Å². The number of hydrogen-bond acceptors (Lipinski definition) is 2. The average molecular weight is 320 g/mol. The summed E-state index contributed by atoms with van der Waals surface area (Å²) in [5, 5.41) is 19.0. The lowest BCUT2D eigenvalue weighted by atomic mass is 10.00. The highest BCUT2D eigenvalue weighted by molar-refractivity contribution is 9.10. The van der Waals surface area contributed by atoms with E-state index in [0.717, 1.165) is 4.47 Å². The first-order chi connectivity index (χ1) is 9.10. The summed E-state index contributed by atoms with van der Waals surface area (Å²) in [5.41, 5.74) is 1.83. The van der Waals surface area contributed by atoms with Crippen LogP contribution in [0.3, 0.4) is 0 Å². The van der Waals surface area contributed by atoms with Crippen LogP contribution in [0.1, 0.15) is 22.8 Å². The molecule has 0 fully saturated rings. The summed E-state index contributed by atoms with van der Waals surface area (Å²) in [6.07, 6.45) is -0.487. The molecule has 0 saturated carbocycles. The molecule has 4 heteroatoms. The van der Waals surface area contributed by atoms with Gasteiger partial charge >= 0.3 is 0 Å². The van der Waals surface area contributed by atoms with E-state index in [1.165, 1.54) is 12.1 Å². The van der Waals surface area contributed by atoms with Crippen molar-refractivity contribution in [2.24, 2.45) is 0 Å². The highest BCUT2D eigenvalue weighted by Crippen LogP contribution is 2.25. The molecule has 0 heterocycles. The molecule has 2 rings (SSSR count). The lowest BCUT2D eigenvalue weighted by molar-refractivity contribution is 0.178. The highest BCUT2D eigenvalue weighted by atomic mass is 79.9. The van der Waals surface area contributed by atoms with Gasteiger partial charge in [0.1, 0.15) is 5.82 Å². The van der Waals surface area contributed by atoms with Crippen LogP contribution in [-0.2, 0) is 6.42 Å². The molecule has 19 heavy (non-hydrogen) atoms. The lowest BCUT2D eigenvalue weighted by Gasteiger charge is -2.12. The molecule has 0 aromatic heterocycles. The van der Waals surface area contributed by atoms with Crippen molar-refractivity contribution in [1.82, 2.24) is 0 Å². The van der Waals surface area contributed by atoms with Crippen LogP contribution in [0.25, 0.3) is 0 Å². The molecule has 0 bridgehead atoms. The molecule has 0 aliphatic heterocycles. The quantitative estimate of drug-likeness (QED) is 0.936. The predicted octanol–water partition coefficient (Wildman–Crippen LogP) is 3.74. The van der Waals surface area contributed by atoms with E-state index >= 15 is 0 Å². The highest BCUT2D eigenvalue weighted by Gasteiger charge is 2.12. The summed E-state index contributed by atoms with van der Waals surface area (Å²) in [5.74, 6) is -0.337. The van der Waals surface area contributed by atoms with E-state index in [4.69, 9.17) is 5.26 Å². The van der Waals surface area contributed by atoms with E-state index in [9.17, 15) is 9.50 Å². The maximum Gasteiger partial charge on any atom is 0.123 e. The lowest BCUT2D eigenvalue weighted by Crippen LogP contribution is -2.03. The first kappa shape index (κ1) is 13.7. The average Bonchev–Trinajstić information content (AvgIpc) is 2.43. The molecule has 1 unspecified atom stereocenters. The third kappa shape index (κ3) is 3.40. The Kier molecular flexibility index (Phi) is 4.31. The Morgan fingerprint density at radius 3 is 2.79 bits per heavy atom. The molecular weight excluding hydrogens is 309 g/mol. The molecule has 0 radical (unpaired) electrons. The van der Waals surface area contributed by atoms with Crippen LogP contribution >= 0.6 is 15.9 Å². The van der Waals surface area contributed by atoms with E-state index in [2.05, 4.69) is 15.9 Å². The monoisotopic (exact) mass is 319 g/mol. The number of rotatable bonds is 3. The van der Waals surface area contributed by atoms with Gasteiger partial charge in [-0.1, -0.05) is 28.1 Å². The summed E-state index contributed by atoms with van der Waals surface area (Å²) >= 11 is 3.33. The van der Waals surface area contributed by atoms with Gasteiger partial charge in [-0.3, -0.25) is 0 Å². The van der Waals surface area contributed by atoms with E-state index in [0.29, 0.717) is 16.7 Å². The normalized spacial score (nSPS) is 11.9. The van der Waals surface area contributed by atoms with Gasteiger partial charge in [0.15, 0.2) is 0 Å². The van der Waals surface area contributed by atoms with E-state index in [-0.39, 0.29) is 12.2 Å². The van der Waals surface area contributed by atoms with Gasteiger partial charge in [0, 0.05) is 10.9 Å². The first-order valence-corrected chi connectivity index (χ1v) is 6.51. The van der Waals surface area contributed by atoms with Crippen LogP contribution in [-0.4, -0.2) is 5.11 Å². The van der Waals surface area contributed by atoms with Gasteiger partial charge in [0.25, 0.3) is 0 Å². The van der Waals surface area contributed by atoms with Gasteiger partial charge in [-0.15, -0.1) is 0 Å². The zero-order valence-electron chi connectivity index (χ0n) is 9.98. The summed E-state index contributed by atoms with van der Waals surface area (Å²) in [7, 11) is 0. The fourth-order valence-corrected chi connectivity index (χ4v) is 2.25. The van der Waals surface area contributed by atoms with E-state index < -0.39 is 6.10 Å². The number of hydrogen-bond donors (Lipinski definition) is 1. The Labute approximate surface area is 119 Å². The number of benzene rings is 2. The topological polar surface area (TPSA) is 44.0 Å². The van der Waals surface area contributed by atoms with Crippen molar-refractivity contribution in [2.45, 2.75) is 12.5 Å². The van der Waals surface area contributed by atoms with Gasteiger partial charge in [0.2, 0.25) is 0 Å². The summed E-state index contributed by atoms with van der Waals surface area (Å²) in [6.45, 7) is 0. The van der Waals surface area contributed by atoms with Gasteiger partial charge in [-0.25, -0.2) is 4.39 Å². The zero-order valence-corrected chi connectivity index (χ0v) is 11.6. The van der Waals surface area contributed by atoms with Gasteiger partial charge < -0.3 is 5.11 Å². The summed E-state index contributed by atoms with van der Waals surface area (Å²) < 4.78 is 13.9. The standard InChI is InChI=1S/C15H11BrFNO/c16-14-5-4-13(17)7-12(14)8-15(19)11-3-1-2-10(6-11)9-18/h1-7,15,19H,8H2. The second-order valence-electron chi connectivity index (χ2n) is 4.19. The summed E-state index contributed by atoms with van der Waals surface area (Å²) in [6, 6.07) is 13.2. The maximum absolute atomic E-state index is 13.2. The Bertz CT molecular complexity index is 636.